The number of aromatic nitrogens is 2. The summed E-state index contributed by atoms with van der Waals surface area (Å²) < 4.78 is 7.63. The Balaban J connectivity index is 2.01. The molecule has 0 radical (unpaired) electrons. The van der Waals surface area contributed by atoms with Crippen molar-refractivity contribution >= 4 is 5.69 Å². The van der Waals surface area contributed by atoms with E-state index in [1.807, 2.05) is 42.9 Å². The molecule has 0 atom stereocenters. The average molecular weight is 231 g/mol. The second kappa shape index (κ2) is 4.91. The standard InChI is InChI=1S/C13H17N3O/c1-10-4-5-12(14)11(2)13(10)17-9-8-16-7-3-6-15-16/h3-7H,8-9,14H2,1-2H3. The van der Waals surface area contributed by atoms with Crippen LogP contribution in [0.4, 0.5) is 5.69 Å². The molecule has 0 amide bonds. The zero-order valence-corrected chi connectivity index (χ0v) is 10.2. The van der Waals surface area contributed by atoms with Gasteiger partial charge in [0.15, 0.2) is 0 Å². The van der Waals surface area contributed by atoms with Gasteiger partial charge in [-0.2, -0.15) is 5.10 Å². The minimum absolute atomic E-state index is 0.590. The predicted molar refractivity (Wildman–Crippen MR) is 68.1 cm³/mol. The molecule has 17 heavy (non-hydrogen) atoms. The molecule has 4 nitrogen and oxygen atoms in total. The number of hydrogen-bond acceptors (Lipinski definition) is 3. The van der Waals surface area contributed by atoms with Gasteiger partial charge in [0.05, 0.1) is 6.54 Å². The molecule has 1 heterocycles. The molecule has 0 aliphatic carbocycles. The molecule has 0 unspecified atom stereocenters. The first-order chi connectivity index (χ1) is 8.18. The van der Waals surface area contributed by atoms with Crippen LogP contribution in [0.15, 0.2) is 30.6 Å². The van der Waals surface area contributed by atoms with Crippen LogP contribution in [0.5, 0.6) is 5.75 Å². The van der Waals surface area contributed by atoms with Crippen molar-refractivity contribution in [3.8, 4) is 5.75 Å². The maximum Gasteiger partial charge on any atom is 0.127 e. The lowest BCUT2D eigenvalue weighted by Gasteiger charge is -2.13. The van der Waals surface area contributed by atoms with Crippen molar-refractivity contribution < 1.29 is 4.74 Å². The predicted octanol–water partition coefficient (Wildman–Crippen LogP) is 2.16. The third-order valence-corrected chi connectivity index (χ3v) is 2.77. The van der Waals surface area contributed by atoms with E-state index in [9.17, 15) is 0 Å². The molecule has 2 rings (SSSR count). The highest BCUT2D eigenvalue weighted by Crippen LogP contribution is 2.27. The number of anilines is 1. The largest absolute Gasteiger partial charge is 0.491 e. The van der Waals surface area contributed by atoms with Crippen molar-refractivity contribution in [1.29, 1.82) is 0 Å². The quantitative estimate of drug-likeness (QED) is 0.820. The third kappa shape index (κ3) is 2.58. The summed E-state index contributed by atoms with van der Waals surface area (Å²) in [4.78, 5) is 0. The van der Waals surface area contributed by atoms with Crippen molar-refractivity contribution in [3.63, 3.8) is 0 Å². The maximum atomic E-state index is 5.86. The fourth-order valence-electron chi connectivity index (χ4n) is 1.74. The summed E-state index contributed by atoms with van der Waals surface area (Å²) in [5.74, 6) is 0.886. The molecule has 2 aromatic rings. The molecular formula is C13H17N3O. The summed E-state index contributed by atoms with van der Waals surface area (Å²) in [6.07, 6.45) is 3.68. The summed E-state index contributed by atoms with van der Waals surface area (Å²) in [6.45, 7) is 5.33. The van der Waals surface area contributed by atoms with E-state index in [4.69, 9.17) is 10.5 Å². The number of hydrogen-bond donors (Lipinski definition) is 1. The molecule has 0 fully saturated rings. The van der Waals surface area contributed by atoms with Crippen LogP contribution < -0.4 is 10.5 Å². The number of nitrogens with two attached hydrogens (primary N) is 1. The highest BCUT2D eigenvalue weighted by atomic mass is 16.5. The van der Waals surface area contributed by atoms with Crippen molar-refractivity contribution in [1.82, 2.24) is 9.78 Å². The molecule has 4 heteroatoms. The first-order valence-corrected chi connectivity index (χ1v) is 5.64. The van der Waals surface area contributed by atoms with Gasteiger partial charge in [-0.05, 0) is 31.5 Å². The van der Waals surface area contributed by atoms with Gasteiger partial charge >= 0.3 is 0 Å². The van der Waals surface area contributed by atoms with E-state index in [1.165, 1.54) is 0 Å². The van der Waals surface area contributed by atoms with E-state index in [2.05, 4.69) is 5.10 Å². The van der Waals surface area contributed by atoms with E-state index >= 15 is 0 Å². The lowest BCUT2D eigenvalue weighted by molar-refractivity contribution is 0.288. The SMILES string of the molecule is Cc1ccc(N)c(C)c1OCCn1cccn1. The van der Waals surface area contributed by atoms with Gasteiger partial charge in [-0.15, -0.1) is 0 Å². The second-order valence-corrected chi connectivity index (χ2v) is 4.04. The highest BCUT2D eigenvalue weighted by Gasteiger charge is 2.06. The summed E-state index contributed by atoms with van der Waals surface area (Å²) in [7, 11) is 0. The first kappa shape index (κ1) is 11.5. The summed E-state index contributed by atoms with van der Waals surface area (Å²) in [5.41, 5.74) is 8.74. The lowest BCUT2D eigenvalue weighted by atomic mass is 10.1. The fourth-order valence-corrected chi connectivity index (χ4v) is 1.74. The van der Waals surface area contributed by atoms with Crippen LogP contribution in [0.3, 0.4) is 0 Å². The molecule has 0 spiro atoms. The first-order valence-electron chi connectivity index (χ1n) is 5.64. The molecule has 1 aromatic heterocycles. The summed E-state index contributed by atoms with van der Waals surface area (Å²) in [6, 6.07) is 5.79. The molecule has 0 aliphatic rings. The Hall–Kier alpha value is -1.97. The van der Waals surface area contributed by atoms with Crippen molar-refractivity contribution in [3.05, 3.63) is 41.7 Å². The van der Waals surface area contributed by atoms with E-state index < -0.39 is 0 Å². The molecule has 2 N–H and O–H groups in total. The van der Waals surface area contributed by atoms with Crippen LogP contribution >= 0.6 is 0 Å². The minimum Gasteiger partial charge on any atom is -0.491 e. The normalized spacial score (nSPS) is 10.5. The highest BCUT2D eigenvalue weighted by molar-refractivity contribution is 5.56. The molecule has 0 bridgehead atoms. The van der Waals surface area contributed by atoms with Crippen molar-refractivity contribution in [2.45, 2.75) is 20.4 Å². The van der Waals surface area contributed by atoms with Gasteiger partial charge in [0, 0.05) is 23.6 Å². The lowest BCUT2D eigenvalue weighted by Crippen LogP contribution is -2.10. The minimum atomic E-state index is 0.590. The zero-order valence-electron chi connectivity index (χ0n) is 10.2. The van der Waals surface area contributed by atoms with Gasteiger partial charge in [-0.3, -0.25) is 4.68 Å². The summed E-state index contributed by atoms with van der Waals surface area (Å²) >= 11 is 0. The Bertz CT molecular complexity index is 492. The van der Waals surface area contributed by atoms with E-state index in [0.717, 1.165) is 29.1 Å². The average Bonchev–Trinajstić information content (AvgIpc) is 2.81. The Kier molecular flexibility index (Phi) is 3.32. The van der Waals surface area contributed by atoms with Crippen LogP contribution in [-0.4, -0.2) is 16.4 Å². The van der Waals surface area contributed by atoms with Gasteiger partial charge in [-0.25, -0.2) is 0 Å². The van der Waals surface area contributed by atoms with Crippen LogP contribution in [0.2, 0.25) is 0 Å². The Morgan fingerprint density at radius 2 is 2.18 bits per heavy atom. The van der Waals surface area contributed by atoms with E-state index in [0.29, 0.717) is 6.61 Å². The molecule has 90 valence electrons. The van der Waals surface area contributed by atoms with Gasteiger partial charge < -0.3 is 10.5 Å². The summed E-state index contributed by atoms with van der Waals surface area (Å²) in [5, 5.41) is 4.12. The Labute approximate surface area is 101 Å². The molecule has 0 saturated heterocycles. The smallest absolute Gasteiger partial charge is 0.127 e. The van der Waals surface area contributed by atoms with Crippen LogP contribution in [-0.2, 0) is 6.54 Å². The van der Waals surface area contributed by atoms with Crippen molar-refractivity contribution in [2.75, 3.05) is 12.3 Å². The van der Waals surface area contributed by atoms with E-state index in [-0.39, 0.29) is 0 Å². The van der Waals surface area contributed by atoms with Crippen LogP contribution in [0.1, 0.15) is 11.1 Å². The number of nitrogen functional groups attached to an aromatic ring is 1. The topological polar surface area (TPSA) is 53.1 Å². The molecule has 0 aliphatic heterocycles. The Morgan fingerprint density at radius 1 is 1.35 bits per heavy atom. The fraction of sp³-hybridized carbons (Fsp3) is 0.308. The van der Waals surface area contributed by atoms with E-state index in [1.54, 1.807) is 6.20 Å². The Morgan fingerprint density at radius 3 is 2.88 bits per heavy atom. The van der Waals surface area contributed by atoms with Gasteiger partial charge in [0.1, 0.15) is 12.4 Å². The number of benzene rings is 1. The third-order valence-electron chi connectivity index (χ3n) is 2.77. The van der Waals surface area contributed by atoms with Crippen molar-refractivity contribution in [2.24, 2.45) is 0 Å². The number of ether oxygens (including phenoxy) is 1. The number of rotatable bonds is 4. The molecule has 0 saturated carbocycles. The van der Waals surface area contributed by atoms with Gasteiger partial charge in [0.2, 0.25) is 0 Å². The van der Waals surface area contributed by atoms with Gasteiger partial charge in [0.25, 0.3) is 0 Å². The second-order valence-electron chi connectivity index (χ2n) is 4.04. The van der Waals surface area contributed by atoms with Crippen LogP contribution in [0.25, 0.3) is 0 Å². The molecular weight excluding hydrogens is 214 g/mol. The monoisotopic (exact) mass is 231 g/mol. The molecule has 1 aromatic carbocycles. The number of aryl methyl sites for hydroxylation is 1. The maximum absolute atomic E-state index is 5.86. The van der Waals surface area contributed by atoms with Crippen LogP contribution in [0, 0.1) is 13.8 Å². The zero-order chi connectivity index (χ0) is 12.3. The van der Waals surface area contributed by atoms with Gasteiger partial charge in [-0.1, -0.05) is 6.07 Å². The number of nitrogens with zero attached hydrogens (tertiary/aromatic N) is 2.